The average Bonchev–Trinajstić information content (AvgIpc) is 2.35. The van der Waals surface area contributed by atoms with E-state index in [2.05, 4.69) is 37.9 Å². The summed E-state index contributed by atoms with van der Waals surface area (Å²) in [5.41, 5.74) is 5.89. The van der Waals surface area contributed by atoms with Crippen molar-refractivity contribution < 1.29 is 4.79 Å². The van der Waals surface area contributed by atoms with Gasteiger partial charge in [0.1, 0.15) is 0 Å². The monoisotopic (exact) mass is 269 g/mol. The maximum Gasteiger partial charge on any atom is 0.234 e. The van der Waals surface area contributed by atoms with Gasteiger partial charge in [0.05, 0.1) is 6.54 Å². The zero-order valence-electron chi connectivity index (χ0n) is 13.0. The van der Waals surface area contributed by atoms with Gasteiger partial charge in [0.15, 0.2) is 0 Å². The van der Waals surface area contributed by atoms with Gasteiger partial charge in [-0.25, -0.2) is 0 Å². The van der Waals surface area contributed by atoms with Gasteiger partial charge in [0.25, 0.3) is 0 Å². The standard InChI is InChI=1S/C15H31N3O/c1-5-13(6-2)17-15(19)10-18-9-11(3)7-12(4)14(18)8-16/h11-14H,5-10,16H2,1-4H3,(H,17,19). The predicted molar refractivity (Wildman–Crippen MR) is 79.9 cm³/mol. The number of nitrogens with two attached hydrogens (primary N) is 1. The number of piperidine rings is 1. The van der Waals surface area contributed by atoms with Crippen LogP contribution in [0.5, 0.6) is 0 Å². The zero-order valence-corrected chi connectivity index (χ0v) is 13.0. The summed E-state index contributed by atoms with van der Waals surface area (Å²) in [4.78, 5) is 14.4. The highest BCUT2D eigenvalue weighted by molar-refractivity contribution is 5.78. The van der Waals surface area contributed by atoms with Crippen LogP contribution in [0, 0.1) is 11.8 Å². The quantitative estimate of drug-likeness (QED) is 0.770. The Balaban J connectivity index is 2.55. The topological polar surface area (TPSA) is 58.4 Å². The molecule has 0 spiro atoms. The lowest BCUT2D eigenvalue weighted by atomic mass is 9.85. The number of likely N-dealkylation sites (tertiary alicyclic amines) is 1. The normalized spacial score (nSPS) is 28.6. The highest BCUT2D eigenvalue weighted by Gasteiger charge is 2.32. The molecule has 0 saturated carbocycles. The van der Waals surface area contributed by atoms with Crippen LogP contribution < -0.4 is 11.1 Å². The summed E-state index contributed by atoms with van der Waals surface area (Å²) in [6.45, 7) is 10.9. The minimum absolute atomic E-state index is 0.147. The first-order valence-electron chi connectivity index (χ1n) is 7.75. The Labute approximate surface area is 118 Å². The Kier molecular flexibility index (Phi) is 6.80. The van der Waals surface area contributed by atoms with Gasteiger partial charge in [-0.3, -0.25) is 9.69 Å². The van der Waals surface area contributed by atoms with E-state index in [1.165, 1.54) is 6.42 Å². The molecule has 0 aromatic rings. The van der Waals surface area contributed by atoms with Crippen LogP contribution in [0.3, 0.4) is 0 Å². The highest BCUT2D eigenvalue weighted by atomic mass is 16.2. The SMILES string of the molecule is CCC(CC)NC(=O)CN1CC(C)CC(C)C1CN. The van der Waals surface area contributed by atoms with Gasteiger partial charge in [-0.2, -0.15) is 0 Å². The first-order chi connectivity index (χ1) is 9.01. The molecule has 19 heavy (non-hydrogen) atoms. The number of nitrogens with one attached hydrogen (secondary N) is 1. The summed E-state index contributed by atoms with van der Waals surface area (Å²) >= 11 is 0. The third-order valence-electron chi connectivity index (χ3n) is 4.39. The number of amides is 1. The first-order valence-corrected chi connectivity index (χ1v) is 7.75. The number of rotatable bonds is 6. The molecule has 0 aromatic carbocycles. The van der Waals surface area contributed by atoms with E-state index in [4.69, 9.17) is 5.73 Å². The Bertz CT molecular complexity index is 279. The molecule has 1 aliphatic rings. The average molecular weight is 269 g/mol. The van der Waals surface area contributed by atoms with Crippen molar-refractivity contribution in [1.29, 1.82) is 0 Å². The molecule has 3 unspecified atom stereocenters. The summed E-state index contributed by atoms with van der Waals surface area (Å²) in [5, 5.41) is 3.12. The van der Waals surface area contributed by atoms with Crippen LogP contribution in [-0.4, -0.2) is 42.5 Å². The van der Waals surface area contributed by atoms with Crippen LogP contribution >= 0.6 is 0 Å². The number of hydrogen-bond acceptors (Lipinski definition) is 3. The molecule has 0 bridgehead atoms. The van der Waals surface area contributed by atoms with E-state index in [9.17, 15) is 4.79 Å². The third kappa shape index (κ3) is 4.77. The number of hydrogen-bond donors (Lipinski definition) is 2. The summed E-state index contributed by atoms with van der Waals surface area (Å²) in [5.74, 6) is 1.38. The fourth-order valence-corrected chi connectivity index (χ4v) is 3.28. The zero-order chi connectivity index (χ0) is 14.4. The van der Waals surface area contributed by atoms with Gasteiger partial charge < -0.3 is 11.1 Å². The molecule has 3 atom stereocenters. The largest absolute Gasteiger partial charge is 0.352 e. The molecular formula is C15H31N3O. The second kappa shape index (κ2) is 7.85. The van der Waals surface area contributed by atoms with Crippen LogP contribution in [0.2, 0.25) is 0 Å². The maximum absolute atomic E-state index is 12.1. The van der Waals surface area contributed by atoms with Crippen molar-refractivity contribution in [3.05, 3.63) is 0 Å². The molecule has 4 nitrogen and oxygen atoms in total. The van der Waals surface area contributed by atoms with E-state index in [1.807, 2.05) is 0 Å². The summed E-state index contributed by atoms with van der Waals surface area (Å²) in [7, 11) is 0. The summed E-state index contributed by atoms with van der Waals surface area (Å²) < 4.78 is 0. The van der Waals surface area contributed by atoms with Crippen molar-refractivity contribution >= 4 is 5.91 Å². The van der Waals surface area contributed by atoms with Gasteiger partial charge >= 0.3 is 0 Å². The lowest BCUT2D eigenvalue weighted by Crippen LogP contribution is -2.54. The van der Waals surface area contributed by atoms with Crippen LogP contribution in [0.15, 0.2) is 0 Å². The Morgan fingerprint density at radius 3 is 2.53 bits per heavy atom. The van der Waals surface area contributed by atoms with Crippen molar-refractivity contribution in [1.82, 2.24) is 10.2 Å². The second-order valence-corrected chi connectivity index (χ2v) is 6.13. The Morgan fingerprint density at radius 2 is 2.00 bits per heavy atom. The lowest BCUT2D eigenvalue weighted by molar-refractivity contribution is -0.124. The number of carbonyl (C=O) groups excluding carboxylic acids is 1. The van der Waals surface area contributed by atoms with Crippen molar-refractivity contribution in [3.8, 4) is 0 Å². The smallest absolute Gasteiger partial charge is 0.234 e. The van der Waals surface area contributed by atoms with Crippen LogP contribution in [0.1, 0.15) is 47.0 Å². The minimum atomic E-state index is 0.147. The molecule has 112 valence electrons. The van der Waals surface area contributed by atoms with E-state index in [0.717, 1.165) is 19.4 Å². The summed E-state index contributed by atoms with van der Waals surface area (Å²) in [6.07, 6.45) is 3.21. The molecule has 0 aromatic heterocycles. The van der Waals surface area contributed by atoms with Gasteiger partial charge in [-0.15, -0.1) is 0 Å². The molecule has 1 rings (SSSR count). The van der Waals surface area contributed by atoms with Crippen molar-refractivity contribution in [2.75, 3.05) is 19.6 Å². The summed E-state index contributed by atoms with van der Waals surface area (Å²) in [6, 6.07) is 0.659. The fourth-order valence-electron chi connectivity index (χ4n) is 3.28. The van der Waals surface area contributed by atoms with Crippen LogP contribution in [-0.2, 0) is 4.79 Å². The molecule has 1 amide bonds. The van der Waals surface area contributed by atoms with Crippen LogP contribution in [0.25, 0.3) is 0 Å². The van der Waals surface area contributed by atoms with Gasteiger partial charge in [0.2, 0.25) is 5.91 Å². The van der Waals surface area contributed by atoms with E-state index in [-0.39, 0.29) is 5.91 Å². The van der Waals surface area contributed by atoms with Gasteiger partial charge in [-0.05, 0) is 31.1 Å². The molecule has 4 heteroatoms. The minimum Gasteiger partial charge on any atom is -0.352 e. The van der Waals surface area contributed by atoms with E-state index in [0.29, 0.717) is 37.0 Å². The molecule has 1 fully saturated rings. The van der Waals surface area contributed by atoms with Crippen molar-refractivity contribution in [2.45, 2.75) is 59.0 Å². The fraction of sp³-hybridized carbons (Fsp3) is 0.933. The third-order valence-corrected chi connectivity index (χ3v) is 4.39. The number of nitrogens with zero attached hydrogens (tertiary/aromatic N) is 1. The Hall–Kier alpha value is -0.610. The molecular weight excluding hydrogens is 238 g/mol. The molecule has 0 radical (unpaired) electrons. The molecule has 3 N–H and O–H groups in total. The first kappa shape index (κ1) is 16.4. The number of carbonyl (C=O) groups is 1. The molecule has 1 saturated heterocycles. The van der Waals surface area contributed by atoms with E-state index >= 15 is 0 Å². The van der Waals surface area contributed by atoms with E-state index < -0.39 is 0 Å². The lowest BCUT2D eigenvalue weighted by Gasteiger charge is -2.42. The maximum atomic E-state index is 12.1. The van der Waals surface area contributed by atoms with Gasteiger partial charge in [0, 0.05) is 25.2 Å². The van der Waals surface area contributed by atoms with Crippen LogP contribution in [0.4, 0.5) is 0 Å². The van der Waals surface area contributed by atoms with E-state index in [1.54, 1.807) is 0 Å². The molecule has 1 aliphatic heterocycles. The Morgan fingerprint density at radius 1 is 1.37 bits per heavy atom. The highest BCUT2D eigenvalue weighted by Crippen LogP contribution is 2.26. The molecule has 1 heterocycles. The molecule has 0 aliphatic carbocycles. The second-order valence-electron chi connectivity index (χ2n) is 6.13. The van der Waals surface area contributed by atoms with Crippen molar-refractivity contribution in [3.63, 3.8) is 0 Å². The predicted octanol–water partition coefficient (Wildman–Crippen LogP) is 1.60. The van der Waals surface area contributed by atoms with Gasteiger partial charge in [-0.1, -0.05) is 27.7 Å². The van der Waals surface area contributed by atoms with Crippen molar-refractivity contribution in [2.24, 2.45) is 17.6 Å².